The largest absolute Gasteiger partial charge is 0.0920 e. The Kier molecular flexibility index (Phi) is 4.40. The lowest BCUT2D eigenvalue weighted by atomic mass is 10.1. The maximum atomic E-state index is 8.41. The topological polar surface area (TPSA) is 48.8 Å². The summed E-state index contributed by atoms with van der Waals surface area (Å²) in [7, 11) is 0. The van der Waals surface area contributed by atoms with Crippen molar-refractivity contribution in [2.75, 3.05) is 5.33 Å². The molecule has 0 aliphatic heterocycles. The van der Waals surface area contributed by atoms with Crippen LogP contribution < -0.4 is 0 Å². The average Bonchev–Trinajstić information content (AvgIpc) is 2.43. The third kappa shape index (κ3) is 3.13. The SMILES string of the molecule is [N-]=[N+]=NC(/C=C/c1ccc2ccccc2c1)CBr. The second-order valence-corrected chi connectivity index (χ2v) is 4.54. The molecule has 0 aliphatic carbocycles. The van der Waals surface area contributed by atoms with Gasteiger partial charge in [0.25, 0.3) is 0 Å². The monoisotopic (exact) mass is 301 g/mol. The molecule has 0 amide bonds. The van der Waals surface area contributed by atoms with Crippen LogP contribution in [-0.2, 0) is 0 Å². The van der Waals surface area contributed by atoms with Crippen LogP contribution in [0.15, 0.2) is 53.7 Å². The summed E-state index contributed by atoms with van der Waals surface area (Å²) in [5, 5.41) is 6.72. The Balaban J connectivity index is 2.26. The summed E-state index contributed by atoms with van der Waals surface area (Å²) in [4.78, 5) is 2.81. The molecular formula is C14H12BrN3. The fourth-order valence-electron chi connectivity index (χ4n) is 1.72. The first-order valence-corrected chi connectivity index (χ1v) is 6.73. The Morgan fingerprint density at radius 3 is 2.72 bits per heavy atom. The van der Waals surface area contributed by atoms with Crippen LogP contribution in [-0.4, -0.2) is 11.4 Å². The van der Waals surface area contributed by atoms with Gasteiger partial charge >= 0.3 is 0 Å². The van der Waals surface area contributed by atoms with Gasteiger partial charge in [-0.2, -0.15) is 0 Å². The molecule has 1 unspecified atom stereocenters. The summed E-state index contributed by atoms with van der Waals surface area (Å²) in [6.07, 6.45) is 3.88. The molecule has 1 atom stereocenters. The molecule has 0 spiro atoms. The van der Waals surface area contributed by atoms with Crippen molar-refractivity contribution in [1.29, 1.82) is 0 Å². The van der Waals surface area contributed by atoms with E-state index < -0.39 is 0 Å². The Labute approximate surface area is 114 Å². The van der Waals surface area contributed by atoms with Crippen LogP contribution in [0.1, 0.15) is 5.56 Å². The zero-order chi connectivity index (χ0) is 12.8. The van der Waals surface area contributed by atoms with E-state index in [4.69, 9.17) is 5.53 Å². The molecular weight excluding hydrogens is 290 g/mol. The zero-order valence-electron chi connectivity index (χ0n) is 9.70. The summed E-state index contributed by atoms with van der Waals surface area (Å²) in [6.45, 7) is 0. The molecule has 0 bridgehead atoms. The zero-order valence-corrected chi connectivity index (χ0v) is 11.3. The molecule has 2 rings (SSSR count). The van der Waals surface area contributed by atoms with Gasteiger partial charge in [-0.1, -0.05) is 69.6 Å². The molecule has 0 radical (unpaired) electrons. The van der Waals surface area contributed by atoms with Gasteiger partial charge in [0.05, 0.1) is 6.04 Å². The van der Waals surface area contributed by atoms with Gasteiger partial charge in [-0.3, -0.25) is 0 Å². The van der Waals surface area contributed by atoms with Gasteiger partial charge in [0.2, 0.25) is 0 Å². The summed E-state index contributed by atoms with van der Waals surface area (Å²) >= 11 is 3.31. The van der Waals surface area contributed by atoms with E-state index in [1.807, 2.05) is 24.3 Å². The highest BCUT2D eigenvalue weighted by Crippen LogP contribution is 2.17. The normalized spacial score (nSPS) is 12.5. The van der Waals surface area contributed by atoms with Gasteiger partial charge in [-0.25, -0.2) is 0 Å². The van der Waals surface area contributed by atoms with Crippen molar-refractivity contribution in [1.82, 2.24) is 0 Å². The summed E-state index contributed by atoms with van der Waals surface area (Å²) < 4.78 is 0. The smallest absolute Gasteiger partial charge is 0.0655 e. The molecule has 4 heteroatoms. The quantitative estimate of drug-likeness (QED) is 0.333. The van der Waals surface area contributed by atoms with Gasteiger partial charge in [0, 0.05) is 10.2 Å². The third-order valence-corrected chi connectivity index (χ3v) is 3.31. The van der Waals surface area contributed by atoms with Crippen LogP contribution >= 0.6 is 15.9 Å². The molecule has 0 N–H and O–H groups in total. The highest BCUT2D eigenvalue weighted by Gasteiger charge is 1.98. The van der Waals surface area contributed by atoms with Crippen LogP contribution in [0.3, 0.4) is 0 Å². The van der Waals surface area contributed by atoms with Crippen LogP contribution in [0.25, 0.3) is 27.3 Å². The van der Waals surface area contributed by atoms with Crippen LogP contribution in [0, 0.1) is 0 Å². The van der Waals surface area contributed by atoms with Crippen molar-refractivity contribution in [2.45, 2.75) is 6.04 Å². The van der Waals surface area contributed by atoms with Crippen molar-refractivity contribution < 1.29 is 0 Å². The second-order valence-electron chi connectivity index (χ2n) is 3.89. The van der Waals surface area contributed by atoms with E-state index in [1.165, 1.54) is 10.8 Å². The van der Waals surface area contributed by atoms with E-state index in [1.54, 1.807) is 0 Å². The Bertz CT molecular complexity index is 615. The number of hydrogen-bond donors (Lipinski definition) is 0. The van der Waals surface area contributed by atoms with Crippen molar-refractivity contribution in [3.05, 3.63) is 64.5 Å². The van der Waals surface area contributed by atoms with Crippen molar-refractivity contribution >= 4 is 32.8 Å². The predicted molar refractivity (Wildman–Crippen MR) is 79.7 cm³/mol. The molecule has 90 valence electrons. The van der Waals surface area contributed by atoms with E-state index >= 15 is 0 Å². The Morgan fingerprint density at radius 1 is 1.22 bits per heavy atom. The van der Waals surface area contributed by atoms with Gasteiger partial charge < -0.3 is 0 Å². The molecule has 0 saturated carbocycles. The third-order valence-electron chi connectivity index (χ3n) is 2.64. The molecule has 0 aromatic heterocycles. The van der Waals surface area contributed by atoms with E-state index in [0.717, 1.165) is 5.56 Å². The molecule has 2 aromatic carbocycles. The molecule has 0 fully saturated rings. The number of azide groups is 1. The van der Waals surface area contributed by atoms with Crippen molar-refractivity contribution in [3.8, 4) is 0 Å². The summed E-state index contributed by atoms with van der Waals surface area (Å²) in [6, 6.07) is 14.3. The maximum Gasteiger partial charge on any atom is 0.0655 e. The maximum absolute atomic E-state index is 8.41. The minimum atomic E-state index is -0.151. The van der Waals surface area contributed by atoms with Gasteiger partial charge in [0.1, 0.15) is 0 Å². The van der Waals surface area contributed by atoms with E-state index in [-0.39, 0.29) is 6.04 Å². The number of fused-ring (bicyclic) bond motifs is 1. The lowest BCUT2D eigenvalue weighted by Crippen LogP contribution is -1.98. The molecule has 0 aliphatic rings. The van der Waals surface area contributed by atoms with E-state index in [0.29, 0.717) is 5.33 Å². The summed E-state index contributed by atoms with van der Waals surface area (Å²) in [5.74, 6) is 0. The fraction of sp³-hybridized carbons (Fsp3) is 0.143. The lowest BCUT2D eigenvalue weighted by molar-refractivity contribution is 0.936. The summed E-state index contributed by atoms with van der Waals surface area (Å²) in [5.41, 5.74) is 9.51. The number of halogens is 1. The first kappa shape index (κ1) is 12.7. The van der Waals surface area contributed by atoms with E-state index in [9.17, 15) is 0 Å². The first-order valence-electron chi connectivity index (χ1n) is 5.60. The fourth-order valence-corrected chi connectivity index (χ4v) is 2.07. The minimum Gasteiger partial charge on any atom is -0.0920 e. The van der Waals surface area contributed by atoms with E-state index in [2.05, 4.69) is 56.3 Å². The molecule has 2 aromatic rings. The van der Waals surface area contributed by atoms with Crippen molar-refractivity contribution in [3.63, 3.8) is 0 Å². The number of hydrogen-bond acceptors (Lipinski definition) is 1. The second kappa shape index (κ2) is 6.24. The predicted octanol–water partition coefficient (Wildman–Crippen LogP) is 4.93. The number of nitrogens with zero attached hydrogens (tertiary/aromatic N) is 3. The average molecular weight is 302 g/mol. The number of benzene rings is 2. The first-order chi connectivity index (χ1) is 8.83. The molecule has 0 saturated heterocycles. The Hall–Kier alpha value is -1.77. The van der Waals surface area contributed by atoms with Crippen LogP contribution in [0.4, 0.5) is 0 Å². The van der Waals surface area contributed by atoms with Gasteiger partial charge in [0.15, 0.2) is 0 Å². The molecule has 3 nitrogen and oxygen atoms in total. The molecule has 18 heavy (non-hydrogen) atoms. The minimum absolute atomic E-state index is 0.151. The number of rotatable bonds is 4. The lowest BCUT2D eigenvalue weighted by Gasteiger charge is -2.01. The standard InChI is InChI=1S/C14H12BrN3/c15-10-14(17-18-16)8-6-11-5-7-12-3-1-2-4-13(12)9-11/h1-9,14H,10H2/b8-6+. The highest BCUT2D eigenvalue weighted by molar-refractivity contribution is 9.09. The number of alkyl halides is 1. The van der Waals surface area contributed by atoms with Gasteiger partial charge in [-0.15, -0.1) is 0 Å². The Morgan fingerprint density at radius 2 is 2.00 bits per heavy atom. The van der Waals surface area contributed by atoms with Crippen molar-refractivity contribution in [2.24, 2.45) is 5.11 Å². The molecule has 0 heterocycles. The van der Waals surface area contributed by atoms with Gasteiger partial charge in [-0.05, 0) is 27.9 Å². The highest BCUT2D eigenvalue weighted by atomic mass is 79.9. The van der Waals surface area contributed by atoms with Crippen LogP contribution in [0.5, 0.6) is 0 Å². The van der Waals surface area contributed by atoms with Crippen LogP contribution in [0.2, 0.25) is 0 Å².